The van der Waals surface area contributed by atoms with Crippen LogP contribution in [0.2, 0.25) is 0 Å². The van der Waals surface area contributed by atoms with Crippen molar-refractivity contribution in [1.29, 1.82) is 0 Å². The Morgan fingerprint density at radius 1 is 1.14 bits per heavy atom. The van der Waals surface area contributed by atoms with Gasteiger partial charge in [0.05, 0.1) is 0 Å². The fourth-order valence-electron chi connectivity index (χ4n) is 3.25. The lowest BCUT2D eigenvalue weighted by atomic mass is 9.79. The van der Waals surface area contributed by atoms with Crippen molar-refractivity contribution in [1.82, 2.24) is 10.6 Å². The normalized spacial score (nSPS) is 21.9. The molecule has 3 rings (SSSR count). The number of carbonyl (C=O) groups is 2. The number of allylic oxidation sites excluding steroid dienone is 1. The topological polar surface area (TPSA) is 58.2 Å². The number of rotatable bonds is 3. The van der Waals surface area contributed by atoms with Gasteiger partial charge in [-0.15, -0.1) is 0 Å². The van der Waals surface area contributed by atoms with Crippen LogP contribution in [-0.2, 0) is 9.59 Å². The highest BCUT2D eigenvalue weighted by Gasteiger charge is 2.49. The minimum Gasteiger partial charge on any atom is -0.365 e. The number of carbonyl (C=O) groups excluding carboxylic acids is 2. The SMILES string of the molecule is C[C@@H](NC1=CC(=O)C2(CCCC2)C(=O)N1)c1ccccc1. The van der Waals surface area contributed by atoms with Crippen molar-refractivity contribution in [3.8, 4) is 0 Å². The largest absolute Gasteiger partial charge is 0.365 e. The molecule has 1 aliphatic heterocycles. The molecule has 0 saturated heterocycles. The summed E-state index contributed by atoms with van der Waals surface area (Å²) in [6.45, 7) is 2.01. The molecule has 1 saturated carbocycles. The molecule has 4 nitrogen and oxygen atoms in total. The second-order valence-electron chi connectivity index (χ2n) is 5.94. The Bertz CT molecular complexity index is 586. The van der Waals surface area contributed by atoms with Crippen LogP contribution in [0.4, 0.5) is 0 Å². The average Bonchev–Trinajstić information content (AvgIpc) is 2.97. The summed E-state index contributed by atoms with van der Waals surface area (Å²) in [6, 6.07) is 9.97. The molecule has 1 atom stereocenters. The Morgan fingerprint density at radius 3 is 2.43 bits per heavy atom. The third kappa shape index (κ3) is 2.46. The lowest BCUT2D eigenvalue weighted by Crippen LogP contribution is -2.50. The predicted octanol–water partition coefficient (Wildman–Crippen LogP) is 2.44. The molecule has 0 aromatic heterocycles. The zero-order chi connectivity index (χ0) is 14.9. The molecule has 1 heterocycles. The van der Waals surface area contributed by atoms with E-state index in [0.717, 1.165) is 18.4 Å². The van der Waals surface area contributed by atoms with Crippen LogP contribution < -0.4 is 10.6 Å². The third-order valence-electron chi connectivity index (χ3n) is 4.56. The Morgan fingerprint density at radius 2 is 1.81 bits per heavy atom. The van der Waals surface area contributed by atoms with Crippen molar-refractivity contribution in [2.45, 2.75) is 38.6 Å². The Kier molecular flexibility index (Phi) is 3.53. The van der Waals surface area contributed by atoms with Gasteiger partial charge in [-0.2, -0.15) is 0 Å². The van der Waals surface area contributed by atoms with Gasteiger partial charge in [0.1, 0.15) is 11.2 Å². The molecular formula is C17H20N2O2. The van der Waals surface area contributed by atoms with Gasteiger partial charge in [-0.05, 0) is 25.3 Å². The lowest BCUT2D eigenvalue weighted by Gasteiger charge is -2.31. The van der Waals surface area contributed by atoms with Gasteiger partial charge in [0.25, 0.3) is 0 Å². The molecule has 0 bridgehead atoms. The van der Waals surface area contributed by atoms with Gasteiger partial charge in [-0.3, -0.25) is 9.59 Å². The molecule has 1 fully saturated rings. The Hall–Kier alpha value is -2.10. The Balaban J connectivity index is 1.76. The van der Waals surface area contributed by atoms with Crippen LogP contribution in [0, 0.1) is 5.41 Å². The predicted molar refractivity (Wildman–Crippen MR) is 80.1 cm³/mol. The van der Waals surface area contributed by atoms with Crippen LogP contribution in [0.25, 0.3) is 0 Å². The first-order valence-corrected chi connectivity index (χ1v) is 7.51. The van der Waals surface area contributed by atoms with E-state index >= 15 is 0 Å². The van der Waals surface area contributed by atoms with Gasteiger partial charge in [-0.25, -0.2) is 0 Å². The summed E-state index contributed by atoms with van der Waals surface area (Å²) in [4.78, 5) is 24.7. The van der Waals surface area contributed by atoms with Gasteiger partial charge >= 0.3 is 0 Å². The van der Waals surface area contributed by atoms with Crippen LogP contribution in [0.15, 0.2) is 42.2 Å². The number of hydrogen-bond donors (Lipinski definition) is 2. The summed E-state index contributed by atoms with van der Waals surface area (Å²) in [5.41, 5.74) is 0.322. The Labute approximate surface area is 124 Å². The summed E-state index contributed by atoms with van der Waals surface area (Å²) >= 11 is 0. The van der Waals surface area contributed by atoms with Crippen molar-refractivity contribution in [3.05, 3.63) is 47.8 Å². The van der Waals surface area contributed by atoms with Crippen LogP contribution in [-0.4, -0.2) is 11.7 Å². The number of benzene rings is 1. The summed E-state index contributed by atoms with van der Waals surface area (Å²) < 4.78 is 0. The molecule has 0 radical (unpaired) electrons. The molecule has 21 heavy (non-hydrogen) atoms. The van der Waals surface area contributed by atoms with Crippen molar-refractivity contribution in [2.75, 3.05) is 0 Å². The second kappa shape index (κ2) is 5.35. The molecule has 1 aliphatic carbocycles. The molecule has 110 valence electrons. The van der Waals surface area contributed by atoms with E-state index in [-0.39, 0.29) is 17.7 Å². The summed E-state index contributed by atoms with van der Waals surface area (Å²) in [6.07, 6.45) is 4.82. The summed E-state index contributed by atoms with van der Waals surface area (Å²) in [5.74, 6) is 0.320. The van der Waals surface area contributed by atoms with Crippen LogP contribution in [0.5, 0.6) is 0 Å². The maximum Gasteiger partial charge on any atom is 0.239 e. The van der Waals surface area contributed by atoms with E-state index in [0.29, 0.717) is 18.7 Å². The fraction of sp³-hybridized carbons (Fsp3) is 0.412. The van der Waals surface area contributed by atoms with Crippen molar-refractivity contribution < 1.29 is 9.59 Å². The van der Waals surface area contributed by atoms with Gasteiger partial charge in [0.15, 0.2) is 5.78 Å². The molecule has 0 unspecified atom stereocenters. The minimum absolute atomic E-state index is 0.0307. The zero-order valence-corrected chi connectivity index (χ0v) is 12.2. The van der Waals surface area contributed by atoms with Crippen LogP contribution in [0.1, 0.15) is 44.2 Å². The summed E-state index contributed by atoms with van der Waals surface area (Å²) in [5, 5.41) is 6.08. The van der Waals surface area contributed by atoms with Crippen LogP contribution >= 0.6 is 0 Å². The van der Waals surface area contributed by atoms with Gasteiger partial charge < -0.3 is 10.6 Å². The van der Waals surface area contributed by atoms with E-state index in [2.05, 4.69) is 10.6 Å². The molecular weight excluding hydrogens is 264 g/mol. The molecule has 1 aromatic carbocycles. The van der Waals surface area contributed by atoms with E-state index in [9.17, 15) is 9.59 Å². The molecule has 2 aliphatic rings. The van der Waals surface area contributed by atoms with E-state index < -0.39 is 5.41 Å². The first-order valence-electron chi connectivity index (χ1n) is 7.51. The maximum atomic E-state index is 12.4. The van der Waals surface area contributed by atoms with E-state index in [1.54, 1.807) is 6.08 Å². The van der Waals surface area contributed by atoms with Gasteiger partial charge in [-0.1, -0.05) is 43.2 Å². The highest BCUT2D eigenvalue weighted by Crippen LogP contribution is 2.41. The van der Waals surface area contributed by atoms with E-state index in [4.69, 9.17) is 0 Å². The standard InChI is InChI=1S/C17H20N2O2/c1-12(13-7-3-2-4-8-13)18-15-11-14(20)17(16(21)19-15)9-5-6-10-17/h2-4,7-8,11-12,18H,5-6,9-10H2,1H3,(H,19,21)/t12-/m1/s1. The zero-order valence-electron chi connectivity index (χ0n) is 12.2. The lowest BCUT2D eigenvalue weighted by molar-refractivity contribution is -0.140. The summed E-state index contributed by atoms with van der Waals surface area (Å²) in [7, 11) is 0. The number of hydrogen-bond acceptors (Lipinski definition) is 3. The average molecular weight is 284 g/mol. The number of amides is 1. The molecule has 2 N–H and O–H groups in total. The smallest absolute Gasteiger partial charge is 0.239 e. The third-order valence-corrected chi connectivity index (χ3v) is 4.56. The molecule has 4 heteroatoms. The number of nitrogens with one attached hydrogen (secondary N) is 2. The maximum absolute atomic E-state index is 12.4. The highest BCUT2D eigenvalue weighted by atomic mass is 16.2. The van der Waals surface area contributed by atoms with Gasteiger partial charge in [0.2, 0.25) is 5.91 Å². The first-order chi connectivity index (χ1) is 10.1. The number of ketones is 1. The monoisotopic (exact) mass is 284 g/mol. The molecule has 1 amide bonds. The fourth-order valence-corrected chi connectivity index (χ4v) is 3.25. The second-order valence-corrected chi connectivity index (χ2v) is 5.94. The minimum atomic E-state index is -0.791. The van der Waals surface area contributed by atoms with E-state index in [1.807, 2.05) is 37.3 Å². The molecule has 1 aromatic rings. The van der Waals surface area contributed by atoms with Gasteiger partial charge in [0, 0.05) is 12.1 Å². The van der Waals surface area contributed by atoms with Crippen LogP contribution in [0.3, 0.4) is 0 Å². The first kappa shape index (κ1) is 13.9. The van der Waals surface area contributed by atoms with Crippen molar-refractivity contribution in [3.63, 3.8) is 0 Å². The van der Waals surface area contributed by atoms with Crippen molar-refractivity contribution >= 4 is 11.7 Å². The van der Waals surface area contributed by atoms with E-state index in [1.165, 1.54) is 0 Å². The highest BCUT2D eigenvalue weighted by molar-refractivity contribution is 6.14. The quantitative estimate of drug-likeness (QED) is 0.838. The van der Waals surface area contributed by atoms with Crippen molar-refractivity contribution in [2.24, 2.45) is 5.41 Å². The molecule has 1 spiro atoms.